The van der Waals surface area contributed by atoms with Crippen LogP contribution in [0.15, 0.2) is 28.9 Å². The zero-order valence-electron chi connectivity index (χ0n) is 10.1. The van der Waals surface area contributed by atoms with Gasteiger partial charge in [-0.2, -0.15) is 0 Å². The first-order chi connectivity index (χ1) is 8.97. The molecule has 2 heterocycles. The Morgan fingerprint density at radius 3 is 2.95 bits per heavy atom. The van der Waals surface area contributed by atoms with Gasteiger partial charge in [-0.25, -0.2) is 8.42 Å². The van der Waals surface area contributed by atoms with Crippen molar-refractivity contribution in [3.63, 3.8) is 0 Å². The minimum Gasteiger partial charge on any atom is -0.489 e. The van der Waals surface area contributed by atoms with Gasteiger partial charge in [0, 0.05) is 9.86 Å². The molecule has 1 aliphatic rings. The molecular formula is C12H11BrN2O3S. The first-order valence-corrected chi connectivity index (χ1v) is 8.30. The van der Waals surface area contributed by atoms with Gasteiger partial charge in [0.05, 0.1) is 24.5 Å². The zero-order valence-corrected chi connectivity index (χ0v) is 12.5. The second-order valence-corrected chi connectivity index (χ2v) is 7.14. The Morgan fingerprint density at radius 1 is 1.42 bits per heavy atom. The lowest BCUT2D eigenvalue weighted by atomic mass is 10.2. The maximum absolute atomic E-state index is 11.8. The topological polar surface area (TPSA) is 59.5 Å². The maximum Gasteiger partial charge on any atom is 0.232 e. The van der Waals surface area contributed by atoms with Gasteiger partial charge in [0.1, 0.15) is 12.3 Å². The quantitative estimate of drug-likeness (QED) is 0.796. The molecule has 0 atom stereocenters. The molecule has 0 fully saturated rings. The van der Waals surface area contributed by atoms with E-state index in [1.54, 1.807) is 6.20 Å². The SMILES string of the molecule is CS(=O)(=O)N1CCOc2c1cnc1ccc(Br)cc21. The molecule has 0 spiro atoms. The number of benzene rings is 1. The van der Waals surface area contributed by atoms with Crippen LogP contribution in [0.5, 0.6) is 5.75 Å². The van der Waals surface area contributed by atoms with Crippen molar-refractivity contribution >= 4 is 42.5 Å². The molecule has 1 aliphatic heterocycles. The molecule has 0 radical (unpaired) electrons. The number of hydrogen-bond acceptors (Lipinski definition) is 4. The van der Waals surface area contributed by atoms with Crippen LogP contribution in [0.25, 0.3) is 10.9 Å². The van der Waals surface area contributed by atoms with E-state index in [1.165, 1.54) is 10.6 Å². The van der Waals surface area contributed by atoms with E-state index in [0.29, 0.717) is 24.6 Å². The Hall–Kier alpha value is -1.34. The van der Waals surface area contributed by atoms with Gasteiger partial charge in [-0.1, -0.05) is 15.9 Å². The summed E-state index contributed by atoms with van der Waals surface area (Å²) in [4.78, 5) is 4.29. The molecule has 0 N–H and O–H groups in total. The van der Waals surface area contributed by atoms with Crippen molar-refractivity contribution in [2.45, 2.75) is 0 Å². The number of anilines is 1. The van der Waals surface area contributed by atoms with Crippen molar-refractivity contribution in [1.82, 2.24) is 4.98 Å². The van der Waals surface area contributed by atoms with E-state index < -0.39 is 10.0 Å². The van der Waals surface area contributed by atoms with E-state index >= 15 is 0 Å². The summed E-state index contributed by atoms with van der Waals surface area (Å²) >= 11 is 3.40. The molecule has 7 heteroatoms. The standard InChI is InChI=1S/C12H11BrN2O3S/c1-19(16,17)15-4-5-18-12-9-6-8(13)2-3-10(9)14-7-11(12)15/h2-3,6-7H,4-5H2,1H3. The summed E-state index contributed by atoms with van der Waals surface area (Å²) in [7, 11) is -3.32. The van der Waals surface area contributed by atoms with E-state index in [0.717, 1.165) is 15.4 Å². The fraction of sp³-hybridized carbons (Fsp3) is 0.250. The smallest absolute Gasteiger partial charge is 0.232 e. The molecule has 1 aromatic carbocycles. The van der Waals surface area contributed by atoms with Crippen LogP contribution in [0, 0.1) is 0 Å². The average Bonchev–Trinajstić information content (AvgIpc) is 2.36. The van der Waals surface area contributed by atoms with E-state index in [-0.39, 0.29) is 0 Å². The lowest BCUT2D eigenvalue weighted by Crippen LogP contribution is -2.37. The molecule has 3 rings (SSSR count). The van der Waals surface area contributed by atoms with Crippen molar-refractivity contribution in [3.8, 4) is 5.75 Å². The molecular weight excluding hydrogens is 332 g/mol. The Labute approximate surface area is 119 Å². The van der Waals surface area contributed by atoms with Gasteiger partial charge < -0.3 is 4.74 Å². The average molecular weight is 343 g/mol. The summed E-state index contributed by atoms with van der Waals surface area (Å²) in [5.74, 6) is 0.572. The Bertz CT molecular complexity index is 761. The molecule has 0 saturated heterocycles. The normalized spacial score (nSPS) is 15.2. The second kappa shape index (κ2) is 4.35. The molecule has 5 nitrogen and oxygen atoms in total. The first kappa shape index (κ1) is 12.7. The minimum absolute atomic E-state index is 0.313. The van der Waals surface area contributed by atoms with Gasteiger partial charge in [-0.05, 0) is 18.2 Å². The molecule has 1 aromatic heterocycles. The third kappa shape index (κ3) is 2.17. The fourth-order valence-corrected chi connectivity index (χ4v) is 3.41. The van der Waals surface area contributed by atoms with E-state index in [1.807, 2.05) is 18.2 Å². The summed E-state index contributed by atoms with van der Waals surface area (Å²) in [6, 6.07) is 5.63. The number of rotatable bonds is 1. The monoisotopic (exact) mass is 342 g/mol. The number of ether oxygens (including phenoxy) is 1. The van der Waals surface area contributed by atoms with Crippen molar-refractivity contribution in [2.75, 3.05) is 23.7 Å². The molecule has 19 heavy (non-hydrogen) atoms. The van der Waals surface area contributed by atoms with Crippen LogP contribution in [0.2, 0.25) is 0 Å². The van der Waals surface area contributed by atoms with Crippen molar-refractivity contribution in [3.05, 3.63) is 28.9 Å². The highest BCUT2D eigenvalue weighted by molar-refractivity contribution is 9.10. The van der Waals surface area contributed by atoms with E-state index in [2.05, 4.69) is 20.9 Å². The summed E-state index contributed by atoms with van der Waals surface area (Å²) in [6.45, 7) is 0.652. The summed E-state index contributed by atoms with van der Waals surface area (Å²) < 4.78 is 31.5. The number of sulfonamides is 1. The van der Waals surface area contributed by atoms with Crippen LogP contribution < -0.4 is 9.04 Å². The van der Waals surface area contributed by atoms with Crippen LogP contribution >= 0.6 is 15.9 Å². The van der Waals surface area contributed by atoms with Crippen molar-refractivity contribution in [1.29, 1.82) is 0 Å². The van der Waals surface area contributed by atoms with Crippen LogP contribution in [-0.4, -0.2) is 32.8 Å². The number of aromatic nitrogens is 1. The third-order valence-electron chi connectivity index (χ3n) is 2.97. The highest BCUT2D eigenvalue weighted by Gasteiger charge is 2.27. The Kier molecular flexibility index (Phi) is 2.90. The molecule has 0 bridgehead atoms. The van der Waals surface area contributed by atoms with Crippen LogP contribution in [0.1, 0.15) is 0 Å². The molecule has 100 valence electrons. The van der Waals surface area contributed by atoms with E-state index in [9.17, 15) is 8.42 Å². The minimum atomic E-state index is -3.32. The van der Waals surface area contributed by atoms with Crippen molar-refractivity contribution in [2.24, 2.45) is 0 Å². The number of fused-ring (bicyclic) bond motifs is 3. The van der Waals surface area contributed by atoms with Crippen LogP contribution in [0.3, 0.4) is 0 Å². The molecule has 0 aliphatic carbocycles. The predicted molar refractivity (Wildman–Crippen MR) is 77.1 cm³/mol. The highest BCUT2D eigenvalue weighted by atomic mass is 79.9. The maximum atomic E-state index is 11.8. The van der Waals surface area contributed by atoms with Gasteiger partial charge in [0.25, 0.3) is 0 Å². The Balaban J connectivity index is 2.30. The van der Waals surface area contributed by atoms with E-state index in [4.69, 9.17) is 4.74 Å². The van der Waals surface area contributed by atoms with Gasteiger partial charge in [0.15, 0.2) is 5.75 Å². The van der Waals surface area contributed by atoms with Crippen LogP contribution in [-0.2, 0) is 10.0 Å². The van der Waals surface area contributed by atoms with Gasteiger partial charge in [0.2, 0.25) is 10.0 Å². The largest absolute Gasteiger partial charge is 0.489 e. The highest BCUT2D eigenvalue weighted by Crippen LogP contribution is 2.39. The van der Waals surface area contributed by atoms with Gasteiger partial charge in [-0.3, -0.25) is 9.29 Å². The summed E-state index contributed by atoms with van der Waals surface area (Å²) in [6.07, 6.45) is 2.74. The number of pyridine rings is 1. The Morgan fingerprint density at radius 2 is 2.21 bits per heavy atom. The molecule has 2 aromatic rings. The number of nitrogens with zero attached hydrogens (tertiary/aromatic N) is 2. The second-order valence-electron chi connectivity index (χ2n) is 4.32. The van der Waals surface area contributed by atoms with Crippen molar-refractivity contribution < 1.29 is 13.2 Å². The number of hydrogen-bond donors (Lipinski definition) is 0. The zero-order chi connectivity index (χ0) is 13.6. The molecule has 0 amide bonds. The van der Waals surface area contributed by atoms with Crippen LogP contribution in [0.4, 0.5) is 5.69 Å². The van der Waals surface area contributed by atoms with Gasteiger partial charge in [-0.15, -0.1) is 0 Å². The summed E-state index contributed by atoms with van der Waals surface area (Å²) in [5.41, 5.74) is 1.27. The fourth-order valence-electron chi connectivity index (χ4n) is 2.15. The summed E-state index contributed by atoms with van der Waals surface area (Å²) in [5, 5.41) is 0.806. The molecule has 0 saturated carbocycles. The lowest BCUT2D eigenvalue weighted by molar-refractivity contribution is 0.319. The molecule has 0 unspecified atom stereocenters. The first-order valence-electron chi connectivity index (χ1n) is 5.65. The number of halogens is 1. The lowest BCUT2D eigenvalue weighted by Gasteiger charge is -2.29. The third-order valence-corrected chi connectivity index (χ3v) is 4.64. The predicted octanol–water partition coefficient (Wildman–Crippen LogP) is 2.16. The van der Waals surface area contributed by atoms with Gasteiger partial charge >= 0.3 is 0 Å².